The Hall–Kier alpha value is -1.00. The fraction of sp³-hybridized carbons (Fsp3) is 0.571. The zero-order valence-electron chi connectivity index (χ0n) is 10.3. The third-order valence-corrected chi connectivity index (χ3v) is 3.87. The number of nitrogens with zero attached hydrogens (tertiary/aromatic N) is 1. The molecule has 18 heavy (non-hydrogen) atoms. The molecule has 0 aromatic heterocycles. The molecule has 0 amide bonds. The van der Waals surface area contributed by atoms with Gasteiger partial charge in [0, 0.05) is 37.3 Å². The molecule has 1 aromatic rings. The van der Waals surface area contributed by atoms with Crippen molar-refractivity contribution in [1.29, 1.82) is 0 Å². The number of hydrogen-bond acceptors (Lipinski definition) is 2. The number of benzene rings is 1. The minimum atomic E-state index is -0.376. The molecule has 1 N–H and O–H groups in total. The summed E-state index contributed by atoms with van der Waals surface area (Å²) >= 11 is 0. The smallest absolute Gasteiger partial charge is 0.127 e. The van der Waals surface area contributed by atoms with Gasteiger partial charge in [0.2, 0.25) is 0 Å². The Bertz CT molecular complexity index is 432. The van der Waals surface area contributed by atoms with Crippen LogP contribution in [0, 0.1) is 11.6 Å². The molecule has 1 aromatic carbocycles. The van der Waals surface area contributed by atoms with Crippen LogP contribution in [0.2, 0.25) is 0 Å². The molecule has 1 heterocycles. The zero-order chi connectivity index (χ0) is 12.5. The predicted octanol–water partition coefficient (Wildman–Crippen LogP) is 2.29. The minimum absolute atomic E-state index is 0.332. The lowest BCUT2D eigenvalue weighted by Crippen LogP contribution is -2.33. The van der Waals surface area contributed by atoms with E-state index in [1.54, 1.807) is 0 Å². The molecule has 2 aliphatic rings. The summed E-state index contributed by atoms with van der Waals surface area (Å²) in [6.07, 6.45) is 3.75. The maximum Gasteiger partial charge on any atom is 0.127 e. The number of likely N-dealkylation sites (tertiary alicyclic amines) is 1. The van der Waals surface area contributed by atoms with E-state index in [1.165, 1.54) is 25.0 Å². The molecule has 1 saturated heterocycles. The summed E-state index contributed by atoms with van der Waals surface area (Å²) in [5.41, 5.74) is 0.417. The summed E-state index contributed by atoms with van der Waals surface area (Å²) in [5, 5.41) is 3.33. The first-order chi connectivity index (χ1) is 8.72. The van der Waals surface area contributed by atoms with E-state index in [0.717, 1.165) is 31.6 Å². The Morgan fingerprint density at radius 2 is 2.06 bits per heavy atom. The lowest BCUT2D eigenvalue weighted by Gasteiger charge is -2.16. The molecule has 0 bridgehead atoms. The predicted molar refractivity (Wildman–Crippen MR) is 66.2 cm³/mol. The van der Waals surface area contributed by atoms with Crippen molar-refractivity contribution < 1.29 is 8.78 Å². The van der Waals surface area contributed by atoms with E-state index < -0.39 is 0 Å². The first kappa shape index (κ1) is 12.1. The standard InChI is InChI=1S/C14H18F2N2/c15-11-1-4-14(16)10(7-11)8-17-12-5-6-18(9-12)13-2-3-13/h1,4,7,12-13,17H,2-3,5-6,8-9H2. The zero-order valence-corrected chi connectivity index (χ0v) is 10.3. The monoisotopic (exact) mass is 252 g/mol. The maximum atomic E-state index is 13.4. The lowest BCUT2D eigenvalue weighted by atomic mass is 10.2. The highest BCUT2D eigenvalue weighted by atomic mass is 19.1. The van der Waals surface area contributed by atoms with E-state index in [1.807, 2.05) is 0 Å². The van der Waals surface area contributed by atoms with Gasteiger partial charge in [0.25, 0.3) is 0 Å². The molecule has 1 aliphatic heterocycles. The van der Waals surface area contributed by atoms with Gasteiger partial charge in [0.15, 0.2) is 0 Å². The normalized spacial score (nSPS) is 24.7. The van der Waals surface area contributed by atoms with Crippen LogP contribution in [-0.2, 0) is 6.54 Å². The van der Waals surface area contributed by atoms with Crippen molar-refractivity contribution in [2.24, 2.45) is 0 Å². The molecule has 2 fully saturated rings. The number of hydrogen-bond donors (Lipinski definition) is 1. The highest BCUT2D eigenvalue weighted by Crippen LogP contribution is 2.29. The third-order valence-electron chi connectivity index (χ3n) is 3.87. The van der Waals surface area contributed by atoms with Crippen LogP contribution in [0.5, 0.6) is 0 Å². The molecule has 1 unspecified atom stereocenters. The van der Waals surface area contributed by atoms with Gasteiger partial charge < -0.3 is 5.32 Å². The Morgan fingerprint density at radius 3 is 2.83 bits per heavy atom. The first-order valence-electron chi connectivity index (χ1n) is 6.64. The van der Waals surface area contributed by atoms with Crippen molar-refractivity contribution in [3.8, 4) is 0 Å². The Balaban J connectivity index is 1.53. The fourth-order valence-electron chi connectivity index (χ4n) is 2.66. The van der Waals surface area contributed by atoms with Crippen LogP contribution in [0.25, 0.3) is 0 Å². The molecule has 0 radical (unpaired) electrons. The van der Waals surface area contributed by atoms with E-state index in [9.17, 15) is 8.78 Å². The van der Waals surface area contributed by atoms with Gasteiger partial charge >= 0.3 is 0 Å². The highest BCUT2D eigenvalue weighted by molar-refractivity contribution is 5.18. The molecule has 4 heteroatoms. The van der Waals surface area contributed by atoms with E-state index in [2.05, 4.69) is 10.2 Å². The number of nitrogens with one attached hydrogen (secondary N) is 1. The van der Waals surface area contributed by atoms with Gasteiger partial charge in [-0.1, -0.05) is 0 Å². The van der Waals surface area contributed by atoms with Crippen molar-refractivity contribution in [3.05, 3.63) is 35.4 Å². The summed E-state index contributed by atoms with van der Waals surface area (Å²) in [5.74, 6) is -0.708. The van der Waals surface area contributed by atoms with Gasteiger partial charge in [0.1, 0.15) is 11.6 Å². The van der Waals surface area contributed by atoms with Crippen molar-refractivity contribution in [1.82, 2.24) is 10.2 Å². The van der Waals surface area contributed by atoms with Crippen LogP contribution in [-0.4, -0.2) is 30.1 Å². The van der Waals surface area contributed by atoms with Gasteiger partial charge in [0.05, 0.1) is 0 Å². The Morgan fingerprint density at radius 1 is 1.22 bits per heavy atom. The van der Waals surface area contributed by atoms with Gasteiger partial charge in [-0.2, -0.15) is 0 Å². The van der Waals surface area contributed by atoms with Crippen molar-refractivity contribution in [2.75, 3.05) is 13.1 Å². The van der Waals surface area contributed by atoms with Gasteiger partial charge in [-0.15, -0.1) is 0 Å². The van der Waals surface area contributed by atoms with Crippen LogP contribution in [0.1, 0.15) is 24.8 Å². The van der Waals surface area contributed by atoms with Gasteiger partial charge in [-0.3, -0.25) is 4.90 Å². The molecular weight excluding hydrogens is 234 g/mol. The van der Waals surface area contributed by atoms with Crippen LogP contribution in [0.15, 0.2) is 18.2 Å². The average Bonchev–Trinajstić information content (AvgIpc) is 3.10. The second-order valence-corrected chi connectivity index (χ2v) is 5.33. The maximum absolute atomic E-state index is 13.4. The summed E-state index contributed by atoms with van der Waals surface area (Å²) in [6, 6.07) is 4.83. The van der Waals surface area contributed by atoms with Crippen molar-refractivity contribution >= 4 is 0 Å². The minimum Gasteiger partial charge on any atom is -0.308 e. The van der Waals surface area contributed by atoms with E-state index in [0.29, 0.717) is 18.2 Å². The molecule has 2 nitrogen and oxygen atoms in total. The molecular formula is C14H18F2N2. The topological polar surface area (TPSA) is 15.3 Å². The second kappa shape index (κ2) is 4.94. The largest absolute Gasteiger partial charge is 0.308 e. The molecule has 1 aliphatic carbocycles. The molecule has 3 rings (SSSR count). The number of rotatable bonds is 4. The van der Waals surface area contributed by atoms with E-state index >= 15 is 0 Å². The van der Waals surface area contributed by atoms with Crippen LogP contribution in [0.4, 0.5) is 8.78 Å². The van der Waals surface area contributed by atoms with Gasteiger partial charge in [-0.05, 0) is 37.5 Å². The van der Waals surface area contributed by atoms with Gasteiger partial charge in [-0.25, -0.2) is 8.78 Å². The number of halogens is 2. The van der Waals surface area contributed by atoms with E-state index in [-0.39, 0.29) is 11.6 Å². The molecule has 1 atom stereocenters. The Labute approximate surface area is 106 Å². The highest BCUT2D eigenvalue weighted by Gasteiger charge is 2.34. The van der Waals surface area contributed by atoms with Crippen molar-refractivity contribution in [2.45, 2.75) is 37.9 Å². The lowest BCUT2D eigenvalue weighted by molar-refractivity contribution is 0.317. The molecule has 0 spiro atoms. The summed E-state index contributed by atoms with van der Waals surface area (Å²) in [4.78, 5) is 2.50. The second-order valence-electron chi connectivity index (χ2n) is 5.33. The van der Waals surface area contributed by atoms with E-state index in [4.69, 9.17) is 0 Å². The third kappa shape index (κ3) is 2.70. The SMILES string of the molecule is Fc1ccc(F)c(CNC2CCN(C3CC3)C2)c1. The summed E-state index contributed by atoms with van der Waals surface area (Å²) < 4.78 is 26.5. The Kier molecular flexibility index (Phi) is 3.31. The van der Waals surface area contributed by atoms with Crippen molar-refractivity contribution in [3.63, 3.8) is 0 Å². The summed E-state index contributed by atoms with van der Waals surface area (Å²) in [7, 11) is 0. The summed E-state index contributed by atoms with van der Waals surface area (Å²) in [6.45, 7) is 2.59. The average molecular weight is 252 g/mol. The first-order valence-corrected chi connectivity index (χ1v) is 6.64. The fourth-order valence-corrected chi connectivity index (χ4v) is 2.66. The van der Waals surface area contributed by atoms with Crippen LogP contribution in [0.3, 0.4) is 0 Å². The molecule has 1 saturated carbocycles. The molecule has 98 valence electrons. The quantitative estimate of drug-likeness (QED) is 0.884. The van der Waals surface area contributed by atoms with Crippen LogP contribution < -0.4 is 5.32 Å². The van der Waals surface area contributed by atoms with Crippen LogP contribution >= 0.6 is 0 Å².